The lowest BCUT2D eigenvalue weighted by atomic mass is 9.87. The van der Waals surface area contributed by atoms with Gasteiger partial charge in [0.2, 0.25) is 10.0 Å². The SMILES string of the molecule is CCCC(C)CS(=O)(=O)NCC1CCCC(O)C1. The molecule has 0 saturated heterocycles. The van der Waals surface area contributed by atoms with E-state index in [1.165, 1.54) is 0 Å². The third-order valence-electron chi connectivity index (χ3n) is 3.63. The average Bonchev–Trinajstić information content (AvgIpc) is 2.26. The summed E-state index contributed by atoms with van der Waals surface area (Å²) in [5, 5.41) is 9.55. The van der Waals surface area contributed by atoms with Gasteiger partial charge in [0.15, 0.2) is 0 Å². The lowest BCUT2D eigenvalue weighted by Gasteiger charge is -2.26. The first-order valence-electron chi connectivity index (χ1n) is 7.08. The van der Waals surface area contributed by atoms with E-state index in [4.69, 9.17) is 0 Å². The monoisotopic (exact) mass is 277 g/mol. The molecule has 0 aliphatic heterocycles. The molecule has 0 aromatic carbocycles. The fourth-order valence-corrected chi connectivity index (χ4v) is 4.23. The maximum atomic E-state index is 11.9. The molecule has 18 heavy (non-hydrogen) atoms. The second-order valence-corrected chi connectivity index (χ2v) is 7.56. The highest BCUT2D eigenvalue weighted by Gasteiger charge is 2.22. The van der Waals surface area contributed by atoms with Crippen molar-refractivity contribution in [1.29, 1.82) is 0 Å². The smallest absolute Gasteiger partial charge is 0.211 e. The molecule has 0 aromatic rings. The van der Waals surface area contributed by atoms with Gasteiger partial charge in [-0.1, -0.05) is 26.7 Å². The van der Waals surface area contributed by atoms with Crippen molar-refractivity contribution in [2.24, 2.45) is 11.8 Å². The molecule has 1 aliphatic rings. The van der Waals surface area contributed by atoms with Gasteiger partial charge in [-0.15, -0.1) is 0 Å². The largest absolute Gasteiger partial charge is 0.393 e. The molecule has 0 bridgehead atoms. The summed E-state index contributed by atoms with van der Waals surface area (Å²) >= 11 is 0. The molecule has 0 amide bonds. The molecule has 3 unspecified atom stereocenters. The first kappa shape index (κ1) is 15.9. The maximum Gasteiger partial charge on any atom is 0.211 e. The number of aliphatic hydroxyl groups is 1. The maximum absolute atomic E-state index is 11.9. The number of nitrogens with one attached hydrogen (secondary N) is 1. The molecule has 0 heterocycles. The van der Waals surface area contributed by atoms with Gasteiger partial charge in [-0.05, 0) is 37.5 Å². The van der Waals surface area contributed by atoms with Crippen molar-refractivity contribution in [3.63, 3.8) is 0 Å². The lowest BCUT2D eigenvalue weighted by Crippen LogP contribution is -2.35. The van der Waals surface area contributed by atoms with E-state index in [0.29, 0.717) is 12.5 Å². The molecule has 0 spiro atoms. The highest BCUT2D eigenvalue weighted by Crippen LogP contribution is 2.23. The molecular weight excluding hydrogens is 250 g/mol. The minimum absolute atomic E-state index is 0.212. The second-order valence-electron chi connectivity index (χ2n) is 5.71. The Morgan fingerprint density at radius 3 is 2.72 bits per heavy atom. The van der Waals surface area contributed by atoms with E-state index in [9.17, 15) is 13.5 Å². The summed E-state index contributed by atoms with van der Waals surface area (Å²) < 4.78 is 26.4. The van der Waals surface area contributed by atoms with Crippen LogP contribution in [-0.2, 0) is 10.0 Å². The molecule has 0 radical (unpaired) electrons. The van der Waals surface area contributed by atoms with E-state index < -0.39 is 10.0 Å². The quantitative estimate of drug-likeness (QED) is 0.747. The Hall–Kier alpha value is -0.130. The van der Waals surface area contributed by atoms with Crippen LogP contribution in [0.1, 0.15) is 52.4 Å². The van der Waals surface area contributed by atoms with Gasteiger partial charge in [-0.2, -0.15) is 0 Å². The predicted molar refractivity (Wildman–Crippen MR) is 73.8 cm³/mol. The fourth-order valence-electron chi connectivity index (χ4n) is 2.70. The normalized spacial score (nSPS) is 27.1. The minimum Gasteiger partial charge on any atom is -0.393 e. The van der Waals surface area contributed by atoms with E-state index in [0.717, 1.165) is 38.5 Å². The Kier molecular flexibility index (Phi) is 6.60. The standard InChI is InChI=1S/C13H27NO3S/c1-3-5-11(2)10-18(16,17)14-9-12-6-4-7-13(15)8-12/h11-15H,3-10H2,1-2H3. The summed E-state index contributed by atoms with van der Waals surface area (Å²) in [6.45, 7) is 4.53. The molecule has 0 aromatic heterocycles. The van der Waals surface area contributed by atoms with Crippen LogP contribution in [0.25, 0.3) is 0 Å². The summed E-state index contributed by atoms with van der Waals surface area (Å²) in [4.78, 5) is 0. The van der Waals surface area contributed by atoms with Crippen molar-refractivity contribution in [3.8, 4) is 0 Å². The van der Waals surface area contributed by atoms with Gasteiger partial charge in [0.25, 0.3) is 0 Å². The van der Waals surface area contributed by atoms with Crippen molar-refractivity contribution < 1.29 is 13.5 Å². The van der Waals surface area contributed by atoms with Gasteiger partial charge < -0.3 is 5.11 Å². The zero-order chi connectivity index (χ0) is 13.6. The molecule has 3 atom stereocenters. The van der Waals surface area contributed by atoms with Crippen LogP contribution in [0.15, 0.2) is 0 Å². The number of rotatable bonds is 7. The van der Waals surface area contributed by atoms with Crippen molar-refractivity contribution in [2.75, 3.05) is 12.3 Å². The third-order valence-corrected chi connectivity index (χ3v) is 5.25. The molecule has 4 nitrogen and oxygen atoms in total. The van der Waals surface area contributed by atoms with Gasteiger partial charge in [0.05, 0.1) is 11.9 Å². The van der Waals surface area contributed by atoms with Crippen molar-refractivity contribution in [1.82, 2.24) is 4.72 Å². The van der Waals surface area contributed by atoms with E-state index in [-0.39, 0.29) is 17.8 Å². The molecule has 1 fully saturated rings. The highest BCUT2D eigenvalue weighted by molar-refractivity contribution is 7.89. The van der Waals surface area contributed by atoms with Crippen LogP contribution in [-0.4, -0.2) is 31.9 Å². The fraction of sp³-hybridized carbons (Fsp3) is 1.00. The van der Waals surface area contributed by atoms with Gasteiger partial charge >= 0.3 is 0 Å². The van der Waals surface area contributed by atoms with Crippen LogP contribution < -0.4 is 4.72 Å². The van der Waals surface area contributed by atoms with Crippen LogP contribution in [0, 0.1) is 11.8 Å². The van der Waals surface area contributed by atoms with Crippen molar-refractivity contribution >= 4 is 10.0 Å². The summed E-state index contributed by atoms with van der Waals surface area (Å²) in [5.41, 5.74) is 0. The van der Waals surface area contributed by atoms with Gasteiger partial charge in [0.1, 0.15) is 0 Å². The van der Waals surface area contributed by atoms with Crippen LogP contribution in [0.4, 0.5) is 0 Å². The van der Waals surface area contributed by atoms with Crippen molar-refractivity contribution in [3.05, 3.63) is 0 Å². The Morgan fingerprint density at radius 2 is 2.11 bits per heavy atom. The number of sulfonamides is 1. The molecule has 1 saturated carbocycles. The molecule has 2 N–H and O–H groups in total. The second kappa shape index (κ2) is 7.46. The summed E-state index contributed by atoms with van der Waals surface area (Å²) in [7, 11) is -3.15. The van der Waals surface area contributed by atoms with Gasteiger partial charge in [0, 0.05) is 6.54 Å². The van der Waals surface area contributed by atoms with Crippen LogP contribution in [0.3, 0.4) is 0 Å². The number of aliphatic hydroxyl groups excluding tert-OH is 1. The van der Waals surface area contributed by atoms with E-state index >= 15 is 0 Å². The topological polar surface area (TPSA) is 66.4 Å². The predicted octanol–water partition coefficient (Wildman–Crippen LogP) is 1.89. The lowest BCUT2D eigenvalue weighted by molar-refractivity contribution is 0.102. The Morgan fingerprint density at radius 1 is 1.39 bits per heavy atom. The van der Waals surface area contributed by atoms with Crippen molar-refractivity contribution in [2.45, 2.75) is 58.5 Å². The van der Waals surface area contributed by atoms with Crippen LogP contribution in [0.2, 0.25) is 0 Å². The molecule has 108 valence electrons. The van der Waals surface area contributed by atoms with Crippen LogP contribution in [0.5, 0.6) is 0 Å². The number of hydrogen-bond donors (Lipinski definition) is 2. The third kappa shape index (κ3) is 6.16. The zero-order valence-corrected chi connectivity index (χ0v) is 12.4. The van der Waals surface area contributed by atoms with Gasteiger partial charge in [-0.25, -0.2) is 13.1 Å². The Labute approximate surface area is 111 Å². The van der Waals surface area contributed by atoms with Crippen LogP contribution >= 0.6 is 0 Å². The Bertz CT molecular complexity index is 329. The zero-order valence-electron chi connectivity index (χ0n) is 11.6. The van der Waals surface area contributed by atoms with E-state index in [2.05, 4.69) is 11.6 Å². The average molecular weight is 277 g/mol. The van der Waals surface area contributed by atoms with Gasteiger partial charge in [-0.3, -0.25) is 0 Å². The number of hydrogen-bond acceptors (Lipinski definition) is 3. The molecule has 5 heteroatoms. The molecular formula is C13H27NO3S. The summed E-state index contributed by atoms with van der Waals surface area (Å²) in [5.74, 6) is 0.727. The van der Waals surface area contributed by atoms with E-state index in [1.807, 2.05) is 6.92 Å². The molecule has 1 aliphatic carbocycles. The van der Waals surface area contributed by atoms with E-state index in [1.54, 1.807) is 0 Å². The first-order valence-corrected chi connectivity index (χ1v) is 8.73. The summed E-state index contributed by atoms with van der Waals surface area (Å²) in [6.07, 6.45) is 5.33. The minimum atomic E-state index is -3.15. The highest BCUT2D eigenvalue weighted by atomic mass is 32.2. The first-order chi connectivity index (χ1) is 8.43. The Balaban J connectivity index is 2.32. The molecule has 1 rings (SSSR count). The summed E-state index contributed by atoms with van der Waals surface area (Å²) in [6, 6.07) is 0.